The smallest absolute Gasteiger partial charge is 0.191 e. The van der Waals surface area contributed by atoms with Gasteiger partial charge in [-0.05, 0) is 99.5 Å². The Kier molecular flexibility index (Phi) is 7.79. The molecule has 2 aliphatic rings. The highest BCUT2D eigenvalue weighted by Crippen LogP contribution is 2.47. The first-order valence-electron chi connectivity index (χ1n) is 12.1. The Bertz CT molecular complexity index is 964. The van der Waals surface area contributed by atoms with Gasteiger partial charge in [-0.2, -0.15) is 0 Å². The molecule has 0 spiro atoms. The van der Waals surface area contributed by atoms with Crippen LogP contribution in [0.3, 0.4) is 0 Å². The van der Waals surface area contributed by atoms with Crippen LogP contribution >= 0.6 is 0 Å². The third-order valence-electron chi connectivity index (χ3n) is 7.30. The largest absolute Gasteiger partial charge is 0.483 e. The number of rotatable bonds is 7. The summed E-state index contributed by atoms with van der Waals surface area (Å²) in [7, 11) is 0. The van der Waals surface area contributed by atoms with E-state index in [0.717, 1.165) is 56.4 Å². The van der Waals surface area contributed by atoms with Gasteiger partial charge in [-0.15, -0.1) is 0 Å². The molecule has 0 amide bonds. The fourth-order valence-electron chi connectivity index (χ4n) is 5.64. The molecule has 0 bridgehead atoms. The lowest BCUT2D eigenvalue weighted by Crippen LogP contribution is -2.33. The molecule has 4 rings (SSSR count). The molecule has 2 nitrogen and oxygen atoms in total. The summed E-state index contributed by atoms with van der Waals surface area (Å²) in [5.41, 5.74) is 1.35. The average Bonchev–Trinajstić information content (AvgIpc) is 2.80. The first-order valence-corrected chi connectivity index (χ1v) is 12.1. The molecule has 0 saturated heterocycles. The molecule has 33 heavy (non-hydrogen) atoms. The van der Waals surface area contributed by atoms with E-state index in [1.54, 1.807) is 31.2 Å². The summed E-state index contributed by atoms with van der Waals surface area (Å²) < 4.78 is 54.9. The molecule has 0 aliphatic heterocycles. The van der Waals surface area contributed by atoms with Crippen molar-refractivity contribution in [3.8, 4) is 16.9 Å². The Hall–Kier alpha value is -2.27. The minimum atomic E-state index is -0.834. The molecule has 4 atom stereocenters. The van der Waals surface area contributed by atoms with Crippen LogP contribution in [0.25, 0.3) is 11.1 Å². The third kappa shape index (κ3) is 5.46. The molecule has 178 valence electrons. The van der Waals surface area contributed by atoms with Crippen molar-refractivity contribution < 1.29 is 22.6 Å². The van der Waals surface area contributed by atoms with E-state index < -0.39 is 23.2 Å². The van der Waals surface area contributed by atoms with Gasteiger partial charge in [0.15, 0.2) is 17.4 Å². The van der Waals surface area contributed by atoms with Crippen LogP contribution in [-0.2, 0) is 4.74 Å². The van der Waals surface area contributed by atoms with E-state index in [4.69, 9.17) is 9.47 Å². The second-order valence-electron chi connectivity index (χ2n) is 9.31. The van der Waals surface area contributed by atoms with Gasteiger partial charge < -0.3 is 9.47 Å². The van der Waals surface area contributed by atoms with Crippen LogP contribution in [0.5, 0.6) is 5.75 Å². The first-order chi connectivity index (χ1) is 16.0. The van der Waals surface area contributed by atoms with Crippen LogP contribution in [-0.4, -0.2) is 19.3 Å². The summed E-state index contributed by atoms with van der Waals surface area (Å²) in [4.78, 5) is 0. The molecular weight excluding hydrogens is 425 g/mol. The molecule has 2 aromatic rings. The zero-order valence-electron chi connectivity index (χ0n) is 19.5. The van der Waals surface area contributed by atoms with Gasteiger partial charge in [-0.25, -0.2) is 13.2 Å². The van der Waals surface area contributed by atoms with E-state index in [1.165, 1.54) is 6.42 Å². The molecule has 2 aromatic carbocycles. The zero-order chi connectivity index (χ0) is 23.4. The molecule has 0 aromatic heterocycles. The highest BCUT2D eigenvalue weighted by Gasteiger charge is 2.36. The van der Waals surface area contributed by atoms with Gasteiger partial charge in [0.05, 0.1) is 6.10 Å². The summed E-state index contributed by atoms with van der Waals surface area (Å²) in [5.74, 6) is -0.857. The van der Waals surface area contributed by atoms with E-state index in [-0.39, 0.29) is 17.7 Å². The van der Waals surface area contributed by atoms with E-state index in [1.807, 2.05) is 6.07 Å². The van der Waals surface area contributed by atoms with E-state index >= 15 is 4.39 Å². The summed E-state index contributed by atoms with van der Waals surface area (Å²) in [5, 5.41) is 0. The number of hydrogen-bond donors (Lipinski definition) is 0. The van der Waals surface area contributed by atoms with Crippen LogP contribution in [0.1, 0.15) is 63.9 Å². The second kappa shape index (κ2) is 10.8. The number of benzene rings is 2. The van der Waals surface area contributed by atoms with Crippen molar-refractivity contribution >= 4 is 0 Å². The Morgan fingerprint density at radius 2 is 1.64 bits per heavy atom. The number of hydrogen-bond acceptors (Lipinski definition) is 2. The summed E-state index contributed by atoms with van der Waals surface area (Å²) in [6.07, 6.45) is 10.5. The van der Waals surface area contributed by atoms with Crippen molar-refractivity contribution in [1.82, 2.24) is 0 Å². The van der Waals surface area contributed by atoms with Crippen molar-refractivity contribution in [2.24, 2.45) is 11.8 Å². The normalized spacial score (nSPS) is 25.2. The zero-order valence-corrected chi connectivity index (χ0v) is 19.5. The standard InChI is InChI=1S/C28H33F3O2/c1-3-5-12-33-28-26(30)16-22(17-27(28)31)24-11-9-21(15-25(24)29)18-6-7-20-14-23(32-4-2)10-8-19(20)13-18/h3,5,9,11,15-20,23H,4,6-8,10,12-14H2,1-2H3/b5-3+. The van der Waals surface area contributed by atoms with Gasteiger partial charge >= 0.3 is 0 Å². The SMILES string of the molecule is C/C=C/COc1c(F)cc(-c2ccc(C3CCC4CC(OCC)CCC4C3)cc2F)cc1F. The Morgan fingerprint density at radius 3 is 2.33 bits per heavy atom. The summed E-state index contributed by atoms with van der Waals surface area (Å²) in [6, 6.07) is 7.39. The quantitative estimate of drug-likeness (QED) is 0.394. The first kappa shape index (κ1) is 23.9. The Balaban J connectivity index is 1.47. The summed E-state index contributed by atoms with van der Waals surface area (Å²) in [6.45, 7) is 4.69. The van der Waals surface area contributed by atoms with Gasteiger partial charge in [0.1, 0.15) is 12.4 Å². The minimum Gasteiger partial charge on any atom is -0.483 e. The molecule has 0 heterocycles. The predicted octanol–water partition coefficient (Wildman–Crippen LogP) is 7.81. The molecule has 4 unspecified atom stereocenters. The van der Waals surface area contributed by atoms with E-state index in [2.05, 4.69) is 6.92 Å². The monoisotopic (exact) mass is 458 g/mol. The van der Waals surface area contributed by atoms with Crippen molar-refractivity contribution in [3.63, 3.8) is 0 Å². The average molecular weight is 459 g/mol. The maximum atomic E-state index is 15.1. The molecule has 2 saturated carbocycles. The number of halogens is 3. The van der Waals surface area contributed by atoms with Crippen LogP contribution in [0.2, 0.25) is 0 Å². The van der Waals surface area contributed by atoms with E-state index in [0.29, 0.717) is 23.9 Å². The lowest BCUT2D eigenvalue weighted by atomic mass is 9.65. The Labute approximate surface area is 194 Å². The molecule has 2 fully saturated rings. The van der Waals surface area contributed by atoms with E-state index in [9.17, 15) is 8.78 Å². The van der Waals surface area contributed by atoms with Gasteiger partial charge in [0, 0.05) is 12.2 Å². The van der Waals surface area contributed by atoms with Crippen LogP contribution in [0, 0.1) is 29.3 Å². The third-order valence-corrected chi connectivity index (χ3v) is 7.30. The molecule has 5 heteroatoms. The van der Waals surface area contributed by atoms with Crippen LogP contribution in [0.15, 0.2) is 42.5 Å². The maximum absolute atomic E-state index is 15.1. The number of fused-ring (bicyclic) bond motifs is 1. The fourth-order valence-corrected chi connectivity index (χ4v) is 5.64. The van der Waals surface area contributed by atoms with Crippen molar-refractivity contribution in [1.29, 1.82) is 0 Å². The highest BCUT2D eigenvalue weighted by atomic mass is 19.1. The van der Waals surface area contributed by atoms with Crippen molar-refractivity contribution in [2.75, 3.05) is 13.2 Å². The van der Waals surface area contributed by atoms with Gasteiger partial charge in [0.2, 0.25) is 0 Å². The molecule has 0 N–H and O–H groups in total. The van der Waals surface area contributed by atoms with Gasteiger partial charge in [0.25, 0.3) is 0 Å². The lowest BCUT2D eigenvalue weighted by Gasteiger charge is -2.42. The van der Waals surface area contributed by atoms with Crippen LogP contribution < -0.4 is 4.74 Å². The summed E-state index contributed by atoms with van der Waals surface area (Å²) >= 11 is 0. The maximum Gasteiger partial charge on any atom is 0.191 e. The number of ether oxygens (including phenoxy) is 2. The predicted molar refractivity (Wildman–Crippen MR) is 125 cm³/mol. The minimum absolute atomic E-state index is 0.0717. The molecular formula is C28H33F3O2. The Morgan fingerprint density at radius 1 is 0.909 bits per heavy atom. The fraction of sp³-hybridized carbons (Fsp3) is 0.500. The topological polar surface area (TPSA) is 18.5 Å². The van der Waals surface area contributed by atoms with Gasteiger partial charge in [-0.3, -0.25) is 0 Å². The molecule has 0 radical (unpaired) electrons. The highest BCUT2D eigenvalue weighted by molar-refractivity contribution is 5.66. The van der Waals surface area contributed by atoms with Crippen molar-refractivity contribution in [3.05, 3.63) is 65.5 Å². The molecule has 2 aliphatic carbocycles. The lowest BCUT2D eigenvalue weighted by molar-refractivity contribution is -0.00956. The van der Waals surface area contributed by atoms with Crippen molar-refractivity contribution in [2.45, 2.75) is 64.4 Å². The van der Waals surface area contributed by atoms with Crippen LogP contribution in [0.4, 0.5) is 13.2 Å². The number of allylic oxidation sites excluding steroid dienone is 1. The van der Waals surface area contributed by atoms with Gasteiger partial charge in [-0.1, -0.05) is 24.3 Å². The second-order valence-corrected chi connectivity index (χ2v) is 9.31.